The van der Waals surface area contributed by atoms with E-state index in [1.807, 2.05) is 13.0 Å². The van der Waals surface area contributed by atoms with Gasteiger partial charge in [0.1, 0.15) is 0 Å². The van der Waals surface area contributed by atoms with E-state index < -0.39 is 0 Å². The summed E-state index contributed by atoms with van der Waals surface area (Å²) < 4.78 is 0. The number of hydrogen-bond acceptors (Lipinski definition) is 3. The lowest BCUT2D eigenvalue weighted by Crippen LogP contribution is -2.24. The molecular weight excluding hydrogens is 148 g/mol. The van der Waals surface area contributed by atoms with Gasteiger partial charge in [-0.15, -0.1) is 11.8 Å². The third-order valence-electron chi connectivity index (χ3n) is 0.774. The van der Waals surface area contributed by atoms with Gasteiger partial charge in [0.2, 0.25) is 5.91 Å². The van der Waals surface area contributed by atoms with Crippen LogP contribution in [0, 0.1) is 11.3 Å². The van der Waals surface area contributed by atoms with Crippen LogP contribution in [0.3, 0.4) is 0 Å². The number of nitrogens with zero attached hydrogens (tertiary/aromatic N) is 1. The summed E-state index contributed by atoms with van der Waals surface area (Å²) in [5.41, 5.74) is 0. The van der Waals surface area contributed by atoms with Gasteiger partial charge in [-0.3, -0.25) is 4.79 Å². The molecule has 0 unspecified atom stereocenters. The molecule has 0 saturated carbocycles. The second kappa shape index (κ2) is 6.43. The van der Waals surface area contributed by atoms with E-state index in [1.54, 1.807) is 0 Å². The molecule has 0 fully saturated rings. The van der Waals surface area contributed by atoms with Gasteiger partial charge in [0.15, 0.2) is 0 Å². The Morgan fingerprint density at radius 1 is 1.80 bits per heavy atom. The second-order valence-corrected chi connectivity index (χ2v) is 2.59. The SMILES string of the molecule is CCNC(=O)CSCC#N. The van der Waals surface area contributed by atoms with E-state index in [4.69, 9.17) is 5.26 Å². The molecule has 1 N–H and O–H groups in total. The Balaban J connectivity index is 3.15. The minimum Gasteiger partial charge on any atom is -0.356 e. The number of hydrogen-bond donors (Lipinski definition) is 1. The fourth-order valence-corrected chi connectivity index (χ4v) is 0.918. The normalized spacial score (nSPS) is 8.40. The van der Waals surface area contributed by atoms with Gasteiger partial charge in [0.25, 0.3) is 0 Å². The zero-order valence-electron chi connectivity index (χ0n) is 5.89. The van der Waals surface area contributed by atoms with Crippen LogP contribution in [0.25, 0.3) is 0 Å². The van der Waals surface area contributed by atoms with Crippen LogP contribution in [0.4, 0.5) is 0 Å². The summed E-state index contributed by atoms with van der Waals surface area (Å²) in [5.74, 6) is 0.779. The zero-order valence-corrected chi connectivity index (χ0v) is 6.70. The Morgan fingerprint density at radius 3 is 3.00 bits per heavy atom. The number of thioether (sulfide) groups is 1. The van der Waals surface area contributed by atoms with Crippen molar-refractivity contribution in [3.8, 4) is 6.07 Å². The van der Waals surface area contributed by atoms with Crippen LogP contribution in [0.1, 0.15) is 6.92 Å². The lowest BCUT2D eigenvalue weighted by Gasteiger charge is -1.97. The fraction of sp³-hybridized carbons (Fsp3) is 0.667. The van der Waals surface area contributed by atoms with Crippen LogP contribution < -0.4 is 5.32 Å². The Hall–Kier alpha value is -0.690. The predicted molar refractivity (Wildman–Crippen MR) is 41.6 cm³/mol. The van der Waals surface area contributed by atoms with Crippen molar-refractivity contribution in [1.82, 2.24) is 5.32 Å². The monoisotopic (exact) mass is 158 g/mol. The van der Waals surface area contributed by atoms with E-state index in [0.29, 0.717) is 18.1 Å². The lowest BCUT2D eigenvalue weighted by atomic mass is 10.6. The number of nitrogens with one attached hydrogen (secondary N) is 1. The van der Waals surface area contributed by atoms with Gasteiger partial charge in [-0.2, -0.15) is 5.26 Å². The summed E-state index contributed by atoms with van der Waals surface area (Å²) in [6.07, 6.45) is 0. The number of carbonyl (C=O) groups is 1. The first kappa shape index (κ1) is 9.31. The Morgan fingerprint density at radius 2 is 2.50 bits per heavy atom. The van der Waals surface area contributed by atoms with E-state index in [0.717, 1.165) is 0 Å². The topological polar surface area (TPSA) is 52.9 Å². The van der Waals surface area contributed by atoms with Crippen LogP contribution in [0.2, 0.25) is 0 Å². The van der Waals surface area contributed by atoms with Crippen molar-refractivity contribution >= 4 is 17.7 Å². The summed E-state index contributed by atoms with van der Waals surface area (Å²) in [5, 5.41) is 10.7. The van der Waals surface area contributed by atoms with Crippen molar-refractivity contribution in [3.05, 3.63) is 0 Å². The molecule has 0 aliphatic rings. The first-order valence-electron chi connectivity index (χ1n) is 3.02. The van der Waals surface area contributed by atoms with Crippen LogP contribution in [-0.2, 0) is 4.79 Å². The highest BCUT2D eigenvalue weighted by atomic mass is 32.2. The molecule has 0 radical (unpaired) electrons. The molecule has 3 nitrogen and oxygen atoms in total. The van der Waals surface area contributed by atoms with Crippen LogP contribution in [-0.4, -0.2) is 24.0 Å². The van der Waals surface area contributed by atoms with Crippen LogP contribution >= 0.6 is 11.8 Å². The third-order valence-corrected chi connectivity index (χ3v) is 1.57. The number of nitriles is 1. The smallest absolute Gasteiger partial charge is 0.230 e. The van der Waals surface area contributed by atoms with Crippen LogP contribution in [0.5, 0.6) is 0 Å². The summed E-state index contributed by atoms with van der Waals surface area (Å²) in [6, 6.07) is 1.95. The maximum absolute atomic E-state index is 10.7. The molecular formula is C6H10N2OS. The highest BCUT2D eigenvalue weighted by molar-refractivity contribution is 8.00. The largest absolute Gasteiger partial charge is 0.356 e. The average Bonchev–Trinajstić information content (AvgIpc) is 1.89. The molecule has 0 spiro atoms. The van der Waals surface area contributed by atoms with Gasteiger partial charge in [0, 0.05) is 6.54 Å². The number of carbonyl (C=O) groups excluding carboxylic acids is 1. The first-order chi connectivity index (χ1) is 4.81. The molecule has 0 aliphatic carbocycles. The Labute approximate surface area is 64.8 Å². The van der Waals surface area contributed by atoms with Crippen molar-refractivity contribution in [2.75, 3.05) is 18.1 Å². The third kappa shape index (κ3) is 5.45. The van der Waals surface area contributed by atoms with Gasteiger partial charge >= 0.3 is 0 Å². The van der Waals surface area contributed by atoms with Gasteiger partial charge in [-0.05, 0) is 6.92 Å². The molecule has 0 aromatic heterocycles. The van der Waals surface area contributed by atoms with E-state index in [9.17, 15) is 4.79 Å². The fourth-order valence-electron chi connectivity index (χ4n) is 0.438. The zero-order chi connectivity index (χ0) is 7.82. The van der Waals surface area contributed by atoms with Gasteiger partial charge in [0.05, 0.1) is 17.6 Å². The molecule has 0 atom stereocenters. The van der Waals surface area contributed by atoms with Crippen LogP contribution in [0.15, 0.2) is 0 Å². The van der Waals surface area contributed by atoms with Crippen molar-refractivity contribution in [1.29, 1.82) is 5.26 Å². The highest BCUT2D eigenvalue weighted by Crippen LogP contribution is 1.95. The summed E-state index contributed by atoms with van der Waals surface area (Å²) in [7, 11) is 0. The molecule has 0 heterocycles. The number of rotatable bonds is 4. The van der Waals surface area contributed by atoms with Crippen molar-refractivity contribution in [2.24, 2.45) is 0 Å². The molecule has 1 amide bonds. The molecule has 0 saturated heterocycles. The number of amides is 1. The molecule has 0 bridgehead atoms. The van der Waals surface area contributed by atoms with Crippen molar-refractivity contribution in [3.63, 3.8) is 0 Å². The molecule has 0 aliphatic heterocycles. The minimum atomic E-state index is 0.00255. The molecule has 0 aromatic rings. The molecule has 0 aromatic carbocycles. The molecule has 10 heavy (non-hydrogen) atoms. The Bertz CT molecular complexity index is 141. The summed E-state index contributed by atoms with van der Waals surface area (Å²) >= 11 is 1.33. The van der Waals surface area contributed by atoms with E-state index >= 15 is 0 Å². The van der Waals surface area contributed by atoms with E-state index in [1.165, 1.54) is 11.8 Å². The second-order valence-electron chi connectivity index (χ2n) is 1.60. The van der Waals surface area contributed by atoms with E-state index in [-0.39, 0.29) is 5.91 Å². The predicted octanol–water partition coefficient (Wildman–Crippen LogP) is 0.379. The van der Waals surface area contributed by atoms with Gasteiger partial charge in [-0.1, -0.05) is 0 Å². The maximum Gasteiger partial charge on any atom is 0.230 e. The van der Waals surface area contributed by atoms with Gasteiger partial charge in [-0.25, -0.2) is 0 Å². The Kier molecular flexibility index (Phi) is 5.99. The van der Waals surface area contributed by atoms with Crippen molar-refractivity contribution < 1.29 is 4.79 Å². The summed E-state index contributed by atoms with van der Waals surface area (Å²) in [4.78, 5) is 10.7. The molecule has 0 rings (SSSR count). The molecule has 56 valence electrons. The minimum absolute atomic E-state index is 0.00255. The standard InChI is InChI=1S/C6H10N2OS/c1-2-8-6(9)5-10-4-3-7/h2,4-5H2,1H3,(H,8,9). The average molecular weight is 158 g/mol. The van der Waals surface area contributed by atoms with Gasteiger partial charge < -0.3 is 5.32 Å². The lowest BCUT2D eigenvalue weighted by molar-refractivity contribution is -0.118. The quantitative estimate of drug-likeness (QED) is 0.602. The maximum atomic E-state index is 10.7. The highest BCUT2D eigenvalue weighted by Gasteiger charge is 1.96. The molecule has 4 heteroatoms. The first-order valence-corrected chi connectivity index (χ1v) is 4.18. The van der Waals surface area contributed by atoms with E-state index in [2.05, 4.69) is 5.32 Å². The summed E-state index contributed by atoms with van der Waals surface area (Å²) in [6.45, 7) is 2.53. The van der Waals surface area contributed by atoms with Crippen molar-refractivity contribution in [2.45, 2.75) is 6.92 Å².